The van der Waals surface area contributed by atoms with Crippen LogP contribution < -0.4 is 9.80 Å². The van der Waals surface area contributed by atoms with Crippen molar-refractivity contribution >= 4 is 33.9 Å². The van der Waals surface area contributed by atoms with Crippen LogP contribution in [0, 0.1) is 0 Å². The maximum atomic E-state index is 6.34. The number of para-hydroxylation sites is 1. The molecular formula is C24H29ClN4O. The summed E-state index contributed by atoms with van der Waals surface area (Å²) in [6.07, 6.45) is 3.26. The van der Waals surface area contributed by atoms with E-state index < -0.39 is 0 Å². The molecule has 0 saturated carbocycles. The number of benzene rings is 2. The zero-order valence-corrected chi connectivity index (χ0v) is 18.1. The van der Waals surface area contributed by atoms with Gasteiger partial charge in [-0.2, -0.15) is 0 Å². The van der Waals surface area contributed by atoms with E-state index in [1.807, 2.05) is 6.07 Å². The molecule has 5 rings (SSSR count). The number of halogens is 1. The highest BCUT2D eigenvalue weighted by Gasteiger charge is 2.22. The number of ether oxygens (including phenoxy) is 1. The lowest BCUT2D eigenvalue weighted by Crippen LogP contribution is -2.47. The molecular weight excluding hydrogens is 396 g/mol. The average molecular weight is 425 g/mol. The summed E-state index contributed by atoms with van der Waals surface area (Å²) in [4.78, 5) is 10.9. The highest BCUT2D eigenvalue weighted by Crippen LogP contribution is 2.33. The van der Waals surface area contributed by atoms with Crippen molar-refractivity contribution in [2.45, 2.75) is 6.42 Å². The molecule has 0 bridgehead atoms. The molecule has 0 atom stereocenters. The zero-order chi connectivity index (χ0) is 20.3. The Morgan fingerprint density at radius 1 is 0.867 bits per heavy atom. The smallest absolute Gasteiger partial charge is 0.0642 e. The van der Waals surface area contributed by atoms with Crippen molar-refractivity contribution in [2.24, 2.45) is 0 Å². The van der Waals surface area contributed by atoms with Gasteiger partial charge >= 0.3 is 0 Å². The molecule has 6 heteroatoms. The first-order valence-corrected chi connectivity index (χ1v) is 11.3. The molecule has 2 fully saturated rings. The molecule has 158 valence electrons. The van der Waals surface area contributed by atoms with Crippen molar-refractivity contribution in [1.82, 2.24) is 9.88 Å². The maximum absolute atomic E-state index is 6.34. The summed E-state index contributed by atoms with van der Waals surface area (Å²) in [7, 11) is 0. The van der Waals surface area contributed by atoms with Crippen LogP contribution in [0.5, 0.6) is 0 Å². The van der Waals surface area contributed by atoms with E-state index >= 15 is 0 Å². The molecule has 3 heterocycles. The van der Waals surface area contributed by atoms with Crippen LogP contribution in [0.25, 0.3) is 10.9 Å². The Morgan fingerprint density at radius 3 is 2.47 bits per heavy atom. The normalized spacial score (nSPS) is 18.3. The fourth-order valence-corrected chi connectivity index (χ4v) is 4.82. The SMILES string of the molecule is Clc1ccc(N2CCN(CCc3c[nH]c4ccccc34)CC2)c(N2CCOCC2)c1. The molecule has 1 N–H and O–H groups in total. The Hall–Kier alpha value is -2.21. The minimum Gasteiger partial charge on any atom is -0.378 e. The first-order valence-electron chi connectivity index (χ1n) is 10.9. The van der Waals surface area contributed by atoms with Gasteiger partial charge in [0, 0.05) is 67.9 Å². The second-order valence-electron chi connectivity index (χ2n) is 8.17. The van der Waals surface area contributed by atoms with E-state index in [0.29, 0.717) is 0 Å². The van der Waals surface area contributed by atoms with Gasteiger partial charge in [-0.1, -0.05) is 29.8 Å². The second-order valence-corrected chi connectivity index (χ2v) is 8.61. The number of hydrogen-bond acceptors (Lipinski definition) is 4. The highest BCUT2D eigenvalue weighted by molar-refractivity contribution is 6.31. The molecule has 2 saturated heterocycles. The second kappa shape index (κ2) is 8.88. The molecule has 0 unspecified atom stereocenters. The van der Waals surface area contributed by atoms with Gasteiger partial charge in [-0.25, -0.2) is 0 Å². The van der Waals surface area contributed by atoms with E-state index in [9.17, 15) is 0 Å². The summed E-state index contributed by atoms with van der Waals surface area (Å²) < 4.78 is 5.54. The fraction of sp³-hybridized carbons (Fsp3) is 0.417. The average Bonchev–Trinajstić information content (AvgIpc) is 3.22. The molecule has 30 heavy (non-hydrogen) atoms. The first kappa shape index (κ1) is 19.7. The summed E-state index contributed by atoms with van der Waals surface area (Å²) in [5.41, 5.74) is 5.20. The first-order chi connectivity index (χ1) is 14.8. The lowest BCUT2D eigenvalue weighted by molar-refractivity contribution is 0.122. The van der Waals surface area contributed by atoms with Crippen LogP contribution in [0.1, 0.15) is 5.56 Å². The van der Waals surface area contributed by atoms with E-state index in [-0.39, 0.29) is 0 Å². The Bertz CT molecular complexity index is 990. The molecule has 2 aliphatic rings. The number of morpholine rings is 1. The van der Waals surface area contributed by atoms with Crippen molar-refractivity contribution in [3.63, 3.8) is 0 Å². The molecule has 2 aromatic carbocycles. The number of nitrogens with one attached hydrogen (secondary N) is 1. The number of H-pyrrole nitrogens is 1. The molecule has 0 radical (unpaired) electrons. The van der Waals surface area contributed by atoms with E-state index in [4.69, 9.17) is 16.3 Å². The number of nitrogens with zero attached hydrogens (tertiary/aromatic N) is 3. The Balaban J connectivity index is 1.22. The predicted molar refractivity (Wildman–Crippen MR) is 125 cm³/mol. The maximum Gasteiger partial charge on any atom is 0.0642 e. The van der Waals surface area contributed by atoms with E-state index in [1.54, 1.807) is 0 Å². The van der Waals surface area contributed by atoms with Crippen LogP contribution in [0.15, 0.2) is 48.7 Å². The van der Waals surface area contributed by atoms with Crippen LogP contribution >= 0.6 is 11.6 Å². The van der Waals surface area contributed by atoms with Crippen LogP contribution in [-0.4, -0.2) is 68.9 Å². The van der Waals surface area contributed by atoms with Gasteiger partial charge in [-0.15, -0.1) is 0 Å². The fourth-order valence-electron chi connectivity index (χ4n) is 4.65. The molecule has 2 aliphatic heterocycles. The number of aromatic nitrogens is 1. The quantitative estimate of drug-likeness (QED) is 0.670. The Kier molecular flexibility index (Phi) is 5.84. The summed E-state index contributed by atoms with van der Waals surface area (Å²) in [5, 5.41) is 2.16. The number of anilines is 2. The van der Waals surface area contributed by atoms with Crippen molar-refractivity contribution in [3.8, 4) is 0 Å². The molecule has 1 aromatic heterocycles. The van der Waals surface area contributed by atoms with Crippen molar-refractivity contribution in [2.75, 3.05) is 68.8 Å². The van der Waals surface area contributed by atoms with Crippen molar-refractivity contribution in [3.05, 3.63) is 59.2 Å². The standard InChI is InChI=1S/C24H29ClN4O/c25-20-5-6-23(24(17-20)29-13-15-30-16-14-29)28-11-9-27(10-12-28)8-7-19-18-26-22-4-2-1-3-21(19)22/h1-6,17-18,26H,7-16H2. The van der Waals surface area contributed by atoms with Gasteiger partial charge < -0.3 is 19.5 Å². The van der Waals surface area contributed by atoms with Crippen LogP contribution in [-0.2, 0) is 11.2 Å². The largest absolute Gasteiger partial charge is 0.378 e. The molecule has 5 nitrogen and oxygen atoms in total. The van der Waals surface area contributed by atoms with Crippen molar-refractivity contribution < 1.29 is 4.74 Å². The van der Waals surface area contributed by atoms with Gasteiger partial charge in [0.1, 0.15) is 0 Å². The van der Waals surface area contributed by atoms with Gasteiger partial charge in [0.25, 0.3) is 0 Å². The third kappa shape index (κ3) is 4.15. The zero-order valence-electron chi connectivity index (χ0n) is 17.3. The summed E-state index contributed by atoms with van der Waals surface area (Å²) in [6.45, 7) is 8.81. The lowest BCUT2D eigenvalue weighted by atomic mass is 10.1. The van der Waals surface area contributed by atoms with E-state index in [2.05, 4.69) is 62.3 Å². The summed E-state index contributed by atoms with van der Waals surface area (Å²) >= 11 is 6.34. The van der Waals surface area contributed by atoms with Crippen LogP contribution in [0.3, 0.4) is 0 Å². The number of aromatic amines is 1. The minimum atomic E-state index is 0.785. The molecule has 0 spiro atoms. The third-order valence-corrected chi connectivity index (χ3v) is 6.61. The van der Waals surface area contributed by atoms with E-state index in [1.165, 1.54) is 27.8 Å². The van der Waals surface area contributed by atoms with Crippen LogP contribution in [0.2, 0.25) is 5.02 Å². The van der Waals surface area contributed by atoms with Gasteiger partial charge in [-0.05, 0) is 36.2 Å². The molecule has 0 amide bonds. The van der Waals surface area contributed by atoms with Gasteiger partial charge in [0.2, 0.25) is 0 Å². The summed E-state index contributed by atoms with van der Waals surface area (Å²) in [5.74, 6) is 0. The number of fused-ring (bicyclic) bond motifs is 1. The minimum absolute atomic E-state index is 0.785. The highest BCUT2D eigenvalue weighted by atomic mass is 35.5. The third-order valence-electron chi connectivity index (χ3n) is 6.37. The molecule has 0 aliphatic carbocycles. The number of hydrogen-bond donors (Lipinski definition) is 1. The lowest BCUT2D eigenvalue weighted by Gasteiger charge is -2.39. The topological polar surface area (TPSA) is 34.7 Å². The van der Waals surface area contributed by atoms with Gasteiger partial charge in [0.05, 0.1) is 24.6 Å². The van der Waals surface area contributed by atoms with Gasteiger partial charge in [-0.3, -0.25) is 4.90 Å². The predicted octanol–water partition coefficient (Wildman–Crippen LogP) is 4.02. The van der Waals surface area contributed by atoms with Gasteiger partial charge in [0.15, 0.2) is 0 Å². The number of piperazine rings is 1. The Morgan fingerprint density at radius 2 is 1.63 bits per heavy atom. The Labute approximate surface area is 183 Å². The monoisotopic (exact) mass is 424 g/mol. The van der Waals surface area contributed by atoms with E-state index in [0.717, 1.165) is 70.5 Å². The van der Waals surface area contributed by atoms with Crippen LogP contribution in [0.4, 0.5) is 11.4 Å². The number of rotatable bonds is 5. The van der Waals surface area contributed by atoms with Crippen molar-refractivity contribution in [1.29, 1.82) is 0 Å². The molecule has 3 aromatic rings. The summed E-state index contributed by atoms with van der Waals surface area (Å²) in [6, 6.07) is 14.9.